The lowest BCUT2D eigenvalue weighted by molar-refractivity contribution is 0.0926. The predicted octanol–water partition coefficient (Wildman–Crippen LogP) is 3.62. The first-order valence-corrected chi connectivity index (χ1v) is 7.22. The Labute approximate surface area is 135 Å². The lowest BCUT2D eigenvalue weighted by atomic mass is 10.0. The molecule has 0 fully saturated rings. The number of aromatic nitrogens is 1. The summed E-state index contributed by atoms with van der Waals surface area (Å²) in [4.78, 5) is 30.8. The van der Waals surface area contributed by atoms with Crippen LogP contribution in [0.5, 0.6) is 0 Å². The van der Waals surface area contributed by atoms with Gasteiger partial charge in [0.15, 0.2) is 11.6 Å². The van der Waals surface area contributed by atoms with Crippen LogP contribution in [-0.2, 0) is 0 Å². The van der Waals surface area contributed by atoms with E-state index in [4.69, 9.17) is 0 Å². The molecule has 2 aromatic carbocycles. The van der Waals surface area contributed by atoms with Crippen molar-refractivity contribution in [2.45, 2.75) is 6.92 Å². The van der Waals surface area contributed by atoms with Gasteiger partial charge in [0.2, 0.25) is 0 Å². The Morgan fingerprint density at radius 1 is 0.917 bits per heavy atom. The predicted molar refractivity (Wildman–Crippen MR) is 84.0 cm³/mol. The zero-order valence-electron chi connectivity index (χ0n) is 12.5. The van der Waals surface area contributed by atoms with Gasteiger partial charge in [-0.2, -0.15) is 0 Å². The Bertz CT molecular complexity index is 1050. The number of hydrogen-bond donors (Lipinski definition) is 0. The number of nitrogens with zero attached hydrogens (tertiary/aromatic N) is 2. The third-order valence-electron chi connectivity index (χ3n) is 4.07. The summed E-state index contributed by atoms with van der Waals surface area (Å²) in [5.41, 5.74) is 1.45. The highest BCUT2D eigenvalue weighted by Gasteiger charge is 2.40. The molecule has 0 N–H and O–H groups in total. The molecule has 4 nitrogen and oxygen atoms in total. The molecule has 118 valence electrons. The number of carbonyl (C=O) groups excluding carboxylic acids is 2. The first-order chi connectivity index (χ1) is 11.5. The lowest BCUT2D eigenvalue weighted by Gasteiger charge is -2.14. The van der Waals surface area contributed by atoms with E-state index < -0.39 is 23.4 Å². The number of carbonyl (C=O) groups is 2. The molecule has 1 aromatic heterocycles. The summed E-state index contributed by atoms with van der Waals surface area (Å²) < 4.78 is 26.7. The third-order valence-corrected chi connectivity index (χ3v) is 4.07. The van der Waals surface area contributed by atoms with E-state index in [1.165, 1.54) is 6.07 Å². The van der Waals surface area contributed by atoms with Crippen LogP contribution in [-0.4, -0.2) is 16.8 Å². The van der Waals surface area contributed by atoms with Gasteiger partial charge in [-0.1, -0.05) is 18.2 Å². The maximum absolute atomic E-state index is 13.5. The monoisotopic (exact) mass is 324 g/mol. The third kappa shape index (κ3) is 1.86. The van der Waals surface area contributed by atoms with Crippen LogP contribution >= 0.6 is 0 Å². The molecule has 3 aromatic rings. The quantitative estimate of drug-likeness (QED) is 0.642. The zero-order valence-corrected chi connectivity index (χ0v) is 12.5. The molecule has 1 aliphatic heterocycles. The number of amides is 2. The Morgan fingerprint density at radius 2 is 1.62 bits per heavy atom. The topological polar surface area (TPSA) is 50.3 Å². The van der Waals surface area contributed by atoms with Crippen LogP contribution in [0.3, 0.4) is 0 Å². The molecule has 0 radical (unpaired) electrons. The Kier molecular flexibility index (Phi) is 2.96. The van der Waals surface area contributed by atoms with E-state index >= 15 is 0 Å². The molecule has 0 saturated carbocycles. The summed E-state index contributed by atoms with van der Waals surface area (Å²) in [6.45, 7) is 1.64. The maximum Gasteiger partial charge on any atom is 0.268 e. The van der Waals surface area contributed by atoms with Gasteiger partial charge in [0, 0.05) is 11.5 Å². The minimum Gasteiger partial charge on any atom is -0.268 e. The summed E-state index contributed by atoms with van der Waals surface area (Å²) in [5, 5.41) is 0.557. The van der Waals surface area contributed by atoms with Gasteiger partial charge < -0.3 is 0 Å². The highest BCUT2D eigenvalue weighted by atomic mass is 19.2. The van der Waals surface area contributed by atoms with Crippen LogP contribution in [0.2, 0.25) is 0 Å². The van der Waals surface area contributed by atoms with Crippen molar-refractivity contribution in [2.24, 2.45) is 0 Å². The van der Waals surface area contributed by atoms with Gasteiger partial charge in [-0.05, 0) is 25.1 Å². The fourth-order valence-electron chi connectivity index (χ4n) is 2.99. The lowest BCUT2D eigenvalue weighted by Crippen LogP contribution is -2.29. The molecule has 24 heavy (non-hydrogen) atoms. The molecule has 0 spiro atoms. The highest BCUT2D eigenvalue weighted by Crippen LogP contribution is 2.34. The molecule has 6 heteroatoms. The average molecular weight is 324 g/mol. The van der Waals surface area contributed by atoms with Gasteiger partial charge in [-0.15, -0.1) is 0 Å². The van der Waals surface area contributed by atoms with E-state index in [9.17, 15) is 18.4 Å². The van der Waals surface area contributed by atoms with Gasteiger partial charge in [0.05, 0.1) is 28.0 Å². The van der Waals surface area contributed by atoms with Crippen LogP contribution in [0, 0.1) is 18.6 Å². The highest BCUT2D eigenvalue weighted by molar-refractivity contribution is 6.37. The molecule has 0 atom stereocenters. The summed E-state index contributed by atoms with van der Waals surface area (Å²) >= 11 is 0. The minimum absolute atomic E-state index is 0.0106. The minimum atomic E-state index is -1.12. The van der Waals surface area contributed by atoms with Crippen molar-refractivity contribution < 1.29 is 18.4 Å². The van der Waals surface area contributed by atoms with Gasteiger partial charge in [0.1, 0.15) is 0 Å². The molecule has 0 bridgehead atoms. The van der Waals surface area contributed by atoms with Crippen molar-refractivity contribution in [3.63, 3.8) is 0 Å². The molecular formula is C18H10F2N2O2. The molecule has 0 saturated heterocycles. The maximum atomic E-state index is 13.5. The van der Waals surface area contributed by atoms with E-state index in [-0.39, 0.29) is 16.8 Å². The molecule has 2 heterocycles. The van der Waals surface area contributed by atoms with E-state index in [1.54, 1.807) is 31.2 Å². The van der Waals surface area contributed by atoms with Crippen molar-refractivity contribution in [2.75, 3.05) is 4.90 Å². The molecule has 0 aliphatic carbocycles. The molecular weight excluding hydrogens is 314 g/mol. The second kappa shape index (κ2) is 4.92. The molecule has 0 unspecified atom stereocenters. The number of benzene rings is 2. The number of aryl methyl sites for hydroxylation is 1. The smallest absolute Gasteiger partial charge is 0.268 e. The number of halogens is 2. The van der Waals surface area contributed by atoms with Gasteiger partial charge in [-0.25, -0.2) is 13.7 Å². The molecule has 4 rings (SSSR count). The summed E-state index contributed by atoms with van der Waals surface area (Å²) in [6.07, 6.45) is 0. The number of anilines is 1. The summed E-state index contributed by atoms with van der Waals surface area (Å²) in [7, 11) is 0. The first kappa shape index (κ1) is 14.4. The number of fused-ring (bicyclic) bond motifs is 3. The fraction of sp³-hybridized carbons (Fsp3) is 0.0556. The number of imide groups is 1. The van der Waals surface area contributed by atoms with E-state index in [0.29, 0.717) is 16.6 Å². The van der Waals surface area contributed by atoms with E-state index in [1.807, 2.05) is 0 Å². The average Bonchev–Trinajstić information content (AvgIpc) is 2.82. The second-order valence-electron chi connectivity index (χ2n) is 5.51. The van der Waals surface area contributed by atoms with Crippen molar-refractivity contribution in [3.05, 3.63) is 70.9 Å². The van der Waals surface area contributed by atoms with Crippen LogP contribution in [0.15, 0.2) is 42.5 Å². The molecule has 2 amide bonds. The van der Waals surface area contributed by atoms with Crippen molar-refractivity contribution in [1.82, 2.24) is 4.98 Å². The van der Waals surface area contributed by atoms with Gasteiger partial charge in [-0.3, -0.25) is 14.6 Å². The van der Waals surface area contributed by atoms with Crippen LogP contribution in [0.25, 0.3) is 10.9 Å². The standard InChI is InChI=1S/C18H10F2N2O2/c1-9-15-16(11-4-2-3-5-14(11)21-9)18(24)22(17(15)23)10-6-7-12(19)13(20)8-10/h2-8H,1H3. The fourth-order valence-corrected chi connectivity index (χ4v) is 2.99. The first-order valence-electron chi connectivity index (χ1n) is 7.22. The Morgan fingerprint density at radius 3 is 2.38 bits per heavy atom. The van der Waals surface area contributed by atoms with E-state index in [0.717, 1.165) is 17.0 Å². The summed E-state index contributed by atoms with van der Waals surface area (Å²) in [5.74, 6) is -3.32. The number of pyridine rings is 1. The SMILES string of the molecule is Cc1nc2ccccc2c2c1C(=O)N(c1ccc(F)c(F)c1)C2=O. The van der Waals surface area contributed by atoms with E-state index in [2.05, 4.69) is 4.98 Å². The molecule has 1 aliphatic rings. The van der Waals surface area contributed by atoms with Crippen LogP contribution in [0.4, 0.5) is 14.5 Å². The van der Waals surface area contributed by atoms with Crippen molar-refractivity contribution >= 4 is 28.4 Å². The number of hydrogen-bond acceptors (Lipinski definition) is 3. The second-order valence-corrected chi connectivity index (χ2v) is 5.51. The van der Waals surface area contributed by atoms with Gasteiger partial charge in [0.25, 0.3) is 11.8 Å². The van der Waals surface area contributed by atoms with Crippen LogP contribution < -0.4 is 4.90 Å². The Hall–Kier alpha value is -3.15. The largest absolute Gasteiger partial charge is 0.268 e. The zero-order chi connectivity index (χ0) is 17.0. The van der Waals surface area contributed by atoms with Gasteiger partial charge >= 0.3 is 0 Å². The number of para-hydroxylation sites is 1. The Balaban J connectivity index is 1.97. The summed E-state index contributed by atoms with van der Waals surface area (Å²) in [6, 6.07) is 9.92. The van der Waals surface area contributed by atoms with Crippen molar-refractivity contribution in [1.29, 1.82) is 0 Å². The number of rotatable bonds is 1. The van der Waals surface area contributed by atoms with Crippen molar-refractivity contribution in [3.8, 4) is 0 Å². The normalized spacial score (nSPS) is 13.7. The van der Waals surface area contributed by atoms with Crippen LogP contribution in [0.1, 0.15) is 26.4 Å².